The minimum absolute atomic E-state index is 0.348. The third kappa shape index (κ3) is 3.13. The molecule has 19 heavy (non-hydrogen) atoms. The van der Waals surface area contributed by atoms with Gasteiger partial charge in [-0.2, -0.15) is 5.26 Å². The lowest BCUT2D eigenvalue weighted by molar-refractivity contribution is -0.123. The molecule has 1 rings (SSSR count). The topological polar surface area (TPSA) is 52.9 Å². The molecule has 0 bridgehead atoms. The number of nitriles is 1. The first-order chi connectivity index (χ1) is 8.90. The van der Waals surface area contributed by atoms with E-state index >= 15 is 0 Å². The summed E-state index contributed by atoms with van der Waals surface area (Å²) in [5.41, 5.74) is 0.0728. The van der Waals surface area contributed by atoms with Gasteiger partial charge < -0.3 is 5.32 Å². The zero-order chi connectivity index (χ0) is 14.6. The molecule has 1 aromatic carbocycles. The molecule has 0 fully saturated rings. The van der Waals surface area contributed by atoms with Gasteiger partial charge in [0.05, 0.1) is 10.5 Å². The number of hydrogen-bond donors (Lipinski definition) is 1. The monoisotopic (exact) mass is 326 g/mol. The van der Waals surface area contributed by atoms with Crippen LogP contribution in [0.1, 0.15) is 32.3 Å². The number of nitrogens with one attached hydrogen (secondary N) is 1. The Balaban J connectivity index is 3.07. The number of nitrogens with zero attached hydrogens (tertiary/aromatic N) is 1. The summed E-state index contributed by atoms with van der Waals surface area (Å²) in [5.74, 6) is -0.832. The van der Waals surface area contributed by atoms with Crippen molar-refractivity contribution in [2.45, 2.75) is 33.6 Å². The molecule has 0 heterocycles. The molecule has 0 unspecified atom stereocenters. The summed E-state index contributed by atoms with van der Waals surface area (Å²) < 4.78 is 13.8. The Morgan fingerprint density at radius 3 is 2.53 bits per heavy atom. The zero-order valence-corrected chi connectivity index (χ0v) is 12.8. The fourth-order valence-electron chi connectivity index (χ4n) is 1.80. The molecule has 0 aliphatic rings. The number of anilines is 1. The zero-order valence-electron chi connectivity index (χ0n) is 11.2. The molecule has 1 aromatic rings. The van der Waals surface area contributed by atoms with Crippen LogP contribution in [-0.2, 0) is 4.79 Å². The summed E-state index contributed by atoms with van der Waals surface area (Å²) >= 11 is 3.09. The number of rotatable bonds is 4. The van der Waals surface area contributed by atoms with Crippen molar-refractivity contribution in [1.29, 1.82) is 5.26 Å². The number of amides is 1. The standard InChI is InChI=1S/C14H16BrFN2O/c1-4-14(5-2,8-17)13(19)18-12-7-11(16)10(15)6-9(12)3/h6-7H,4-5H2,1-3H3,(H,18,19). The summed E-state index contributed by atoms with van der Waals surface area (Å²) in [5, 5.41) is 11.9. The highest BCUT2D eigenvalue weighted by Crippen LogP contribution is 2.29. The third-order valence-corrected chi connectivity index (χ3v) is 3.98. The highest BCUT2D eigenvalue weighted by atomic mass is 79.9. The number of aryl methyl sites for hydroxylation is 1. The van der Waals surface area contributed by atoms with Crippen molar-refractivity contribution in [1.82, 2.24) is 0 Å². The van der Waals surface area contributed by atoms with Crippen LogP contribution >= 0.6 is 15.9 Å². The van der Waals surface area contributed by atoms with Gasteiger partial charge in [0.1, 0.15) is 11.2 Å². The Kier molecular flexibility index (Phi) is 5.07. The van der Waals surface area contributed by atoms with Gasteiger partial charge >= 0.3 is 0 Å². The van der Waals surface area contributed by atoms with Crippen LogP contribution in [0.4, 0.5) is 10.1 Å². The lowest BCUT2D eigenvalue weighted by Gasteiger charge is -2.22. The van der Waals surface area contributed by atoms with Gasteiger partial charge in [0.15, 0.2) is 0 Å². The second kappa shape index (κ2) is 6.16. The average Bonchev–Trinajstić information content (AvgIpc) is 2.38. The number of halogens is 2. The van der Waals surface area contributed by atoms with E-state index in [1.807, 2.05) is 0 Å². The number of carbonyl (C=O) groups is 1. The van der Waals surface area contributed by atoms with Gasteiger partial charge in [-0.15, -0.1) is 0 Å². The molecule has 5 heteroatoms. The van der Waals surface area contributed by atoms with Gasteiger partial charge in [0.2, 0.25) is 5.91 Å². The predicted octanol–water partition coefficient (Wildman–Crippen LogP) is 4.17. The fourth-order valence-corrected chi connectivity index (χ4v) is 2.26. The second-order valence-electron chi connectivity index (χ2n) is 4.44. The number of hydrogen-bond acceptors (Lipinski definition) is 2. The van der Waals surface area contributed by atoms with Crippen molar-refractivity contribution in [2.24, 2.45) is 5.41 Å². The fraction of sp³-hybridized carbons (Fsp3) is 0.429. The molecular weight excluding hydrogens is 311 g/mol. The Labute approximate surface area is 120 Å². The van der Waals surface area contributed by atoms with E-state index in [0.29, 0.717) is 23.0 Å². The van der Waals surface area contributed by atoms with E-state index in [1.54, 1.807) is 26.8 Å². The minimum Gasteiger partial charge on any atom is -0.324 e. The van der Waals surface area contributed by atoms with E-state index in [9.17, 15) is 14.4 Å². The van der Waals surface area contributed by atoms with Crippen LogP contribution in [-0.4, -0.2) is 5.91 Å². The number of benzene rings is 1. The molecule has 0 atom stereocenters. The van der Waals surface area contributed by atoms with Crippen molar-refractivity contribution in [3.63, 3.8) is 0 Å². The van der Waals surface area contributed by atoms with E-state index in [2.05, 4.69) is 27.3 Å². The van der Waals surface area contributed by atoms with Crippen molar-refractivity contribution in [2.75, 3.05) is 5.32 Å². The third-order valence-electron chi connectivity index (χ3n) is 3.37. The molecule has 0 aromatic heterocycles. The van der Waals surface area contributed by atoms with Gasteiger partial charge in [-0.05, 0) is 53.4 Å². The largest absolute Gasteiger partial charge is 0.324 e. The van der Waals surface area contributed by atoms with Gasteiger partial charge in [-0.1, -0.05) is 13.8 Å². The van der Waals surface area contributed by atoms with E-state index in [1.165, 1.54) is 6.07 Å². The summed E-state index contributed by atoms with van der Waals surface area (Å²) in [6.07, 6.45) is 0.841. The maximum atomic E-state index is 13.5. The predicted molar refractivity (Wildman–Crippen MR) is 76.1 cm³/mol. The summed E-state index contributed by atoms with van der Waals surface area (Å²) in [4.78, 5) is 12.2. The maximum absolute atomic E-state index is 13.5. The van der Waals surface area contributed by atoms with Gasteiger partial charge in [-0.3, -0.25) is 4.79 Å². The molecule has 0 radical (unpaired) electrons. The summed E-state index contributed by atoms with van der Waals surface area (Å²) in [7, 11) is 0. The first-order valence-corrected chi connectivity index (χ1v) is 6.87. The van der Waals surface area contributed by atoms with Crippen LogP contribution in [0.25, 0.3) is 0 Å². The second-order valence-corrected chi connectivity index (χ2v) is 5.29. The molecule has 3 nitrogen and oxygen atoms in total. The Bertz CT molecular complexity index is 533. The molecular formula is C14H16BrFN2O. The summed E-state index contributed by atoms with van der Waals surface area (Å²) in [6.45, 7) is 5.36. The van der Waals surface area contributed by atoms with Crippen LogP contribution in [0, 0.1) is 29.5 Å². The molecule has 1 amide bonds. The van der Waals surface area contributed by atoms with Crippen LogP contribution in [0.15, 0.2) is 16.6 Å². The first-order valence-electron chi connectivity index (χ1n) is 6.08. The van der Waals surface area contributed by atoms with Gasteiger partial charge in [0.25, 0.3) is 0 Å². The SMILES string of the molecule is CCC(C#N)(CC)C(=O)Nc1cc(F)c(Br)cc1C. The highest BCUT2D eigenvalue weighted by molar-refractivity contribution is 9.10. The normalized spacial score (nSPS) is 10.9. The lowest BCUT2D eigenvalue weighted by Crippen LogP contribution is -2.34. The smallest absolute Gasteiger partial charge is 0.244 e. The Morgan fingerprint density at radius 1 is 1.47 bits per heavy atom. The van der Waals surface area contributed by atoms with Crippen LogP contribution in [0.5, 0.6) is 0 Å². The van der Waals surface area contributed by atoms with Crippen molar-refractivity contribution < 1.29 is 9.18 Å². The maximum Gasteiger partial charge on any atom is 0.244 e. The Hall–Kier alpha value is -1.41. The molecule has 0 aliphatic carbocycles. The van der Waals surface area contributed by atoms with Gasteiger partial charge in [0, 0.05) is 5.69 Å². The van der Waals surface area contributed by atoms with E-state index in [4.69, 9.17) is 0 Å². The average molecular weight is 327 g/mol. The molecule has 0 aliphatic heterocycles. The first kappa shape index (κ1) is 15.6. The van der Waals surface area contributed by atoms with E-state index < -0.39 is 11.2 Å². The van der Waals surface area contributed by atoms with Crippen LogP contribution < -0.4 is 5.32 Å². The van der Waals surface area contributed by atoms with Crippen LogP contribution in [0.3, 0.4) is 0 Å². The Morgan fingerprint density at radius 2 is 2.05 bits per heavy atom. The molecule has 0 saturated heterocycles. The molecule has 102 valence electrons. The highest BCUT2D eigenvalue weighted by Gasteiger charge is 2.35. The molecule has 0 spiro atoms. The van der Waals surface area contributed by atoms with Crippen molar-refractivity contribution in [3.8, 4) is 6.07 Å². The molecule has 1 N–H and O–H groups in total. The molecule has 0 saturated carbocycles. The van der Waals surface area contributed by atoms with Crippen molar-refractivity contribution >= 4 is 27.5 Å². The quantitative estimate of drug-likeness (QED) is 0.902. The van der Waals surface area contributed by atoms with E-state index in [0.717, 1.165) is 5.56 Å². The van der Waals surface area contributed by atoms with Crippen molar-refractivity contribution in [3.05, 3.63) is 28.0 Å². The number of carbonyl (C=O) groups excluding carboxylic acids is 1. The van der Waals surface area contributed by atoms with Gasteiger partial charge in [-0.25, -0.2) is 4.39 Å². The van der Waals surface area contributed by atoms with E-state index in [-0.39, 0.29) is 5.91 Å². The summed E-state index contributed by atoms with van der Waals surface area (Å²) in [6, 6.07) is 4.91. The van der Waals surface area contributed by atoms with Crippen LogP contribution in [0.2, 0.25) is 0 Å². The lowest BCUT2D eigenvalue weighted by atomic mass is 9.83. The minimum atomic E-state index is -1.06.